The molecule has 0 aliphatic carbocycles. The minimum atomic E-state index is -3.53. The van der Waals surface area contributed by atoms with Gasteiger partial charge in [0.15, 0.2) is 0 Å². The van der Waals surface area contributed by atoms with Gasteiger partial charge in [-0.2, -0.15) is 4.31 Å². The van der Waals surface area contributed by atoms with E-state index < -0.39 is 10.0 Å². The highest BCUT2D eigenvalue weighted by Crippen LogP contribution is 2.23. The third-order valence-corrected chi connectivity index (χ3v) is 6.72. The van der Waals surface area contributed by atoms with Crippen LogP contribution in [0.2, 0.25) is 5.02 Å². The maximum atomic E-state index is 12.6. The van der Waals surface area contributed by atoms with Gasteiger partial charge < -0.3 is 10.3 Å². The molecule has 2 aromatic rings. The normalized spacial score (nSPS) is 16.5. The number of nitrogens with one attached hydrogen (secondary N) is 2. The number of carbonyl (C=O) groups is 1. The number of hydrogen-bond acceptors (Lipinski definition) is 3. The van der Waals surface area contributed by atoms with E-state index in [4.69, 9.17) is 11.6 Å². The van der Waals surface area contributed by atoms with Gasteiger partial charge in [-0.3, -0.25) is 4.79 Å². The fraction of sp³-hybridized carbons (Fsp3) is 0.389. The van der Waals surface area contributed by atoms with E-state index in [1.807, 2.05) is 19.1 Å². The van der Waals surface area contributed by atoms with Gasteiger partial charge in [0.2, 0.25) is 10.0 Å². The molecule has 1 saturated heterocycles. The lowest BCUT2D eigenvalue weighted by Gasteiger charge is -2.17. The van der Waals surface area contributed by atoms with Crippen molar-refractivity contribution in [2.24, 2.45) is 0 Å². The van der Waals surface area contributed by atoms with E-state index in [2.05, 4.69) is 10.3 Å². The maximum Gasteiger partial charge on any atom is 0.268 e. The zero-order valence-corrected chi connectivity index (χ0v) is 16.1. The van der Waals surface area contributed by atoms with Crippen LogP contribution in [0.4, 0.5) is 0 Å². The van der Waals surface area contributed by atoms with Crippen molar-refractivity contribution in [3.63, 3.8) is 0 Å². The number of aromatic amines is 1. The van der Waals surface area contributed by atoms with Gasteiger partial charge in [0.1, 0.15) is 10.6 Å². The third-order valence-electron chi connectivity index (χ3n) is 4.59. The standard InChI is InChI=1S/C18H22ClN3O3S/c1-2-16(13-5-7-14(19)8-6-13)21-18(23)17-11-15(12-20-17)26(24,25)22-9-3-4-10-22/h5-8,11-12,16,20H,2-4,9-10H2,1H3,(H,21,23). The van der Waals surface area contributed by atoms with Gasteiger partial charge in [-0.25, -0.2) is 8.42 Å². The van der Waals surface area contributed by atoms with E-state index >= 15 is 0 Å². The first-order chi connectivity index (χ1) is 12.4. The van der Waals surface area contributed by atoms with Gasteiger partial charge in [-0.05, 0) is 43.0 Å². The fourth-order valence-electron chi connectivity index (χ4n) is 3.08. The van der Waals surface area contributed by atoms with Crippen molar-refractivity contribution in [2.75, 3.05) is 13.1 Å². The van der Waals surface area contributed by atoms with Gasteiger partial charge >= 0.3 is 0 Å². The van der Waals surface area contributed by atoms with Gasteiger partial charge in [0.25, 0.3) is 5.91 Å². The molecule has 1 unspecified atom stereocenters. The molecule has 8 heteroatoms. The predicted octanol–water partition coefficient (Wildman–Crippen LogP) is 3.33. The van der Waals surface area contributed by atoms with Crippen LogP contribution in [0.3, 0.4) is 0 Å². The molecule has 140 valence electrons. The first-order valence-electron chi connectivity index (χ1n) is 8.66. The predicted molar refractivity (Wildman–Crippen MR) is 101 cm³/mol. The van der Waals surface area contributed by atoms with Crippen molar-refractivity contribution >= 4 is 27.5 Å². The summed E-state index contributed by atoms with van der Waals surface area (Å²) in [6.07, 6.45) is 3.82. The topological polar surface area (TPSA) is 82.3 Å². The fourth-order valence-corrected chi connectivity index (χ4v) is 4.72. The molecular formula is C18H22ClN3O3S. The molecule has 1 aromatic heterocycles. The maximum absolute atomic E-state index is 12.6. The summed E-state index contributed by atoms with van der Waals surface area (Å²) in [7, 11) is -3.53. The van der Waals surface area contributed by atoms with Crippen LogP contribution in [0.15, 0.2) is 41.4 Å². The Kier molecular flexibility index (Phi) is 5.70. The number of hydrogen-bond donors (Lipinski definition) is 2. The second-order valence-electron chi connectivity index (χ2n) is 6.35. The summed E-state index contributed by atoms with van der Waals surface area (Å²) in [5, 5.41) is 3.57. The second kappa shape index (κ2) is 7.82. The Labute approximate surface area is 158 Å². The first-order valence-corrected chi connectivity index (χ1v) is 10.5. The summed E-state index contributed by atoms with van der Waals surface area (Å²) < 4.78 is 26.6. The lowest BCUT2D eigenvalue weighted by molar-refractivity contribution is 0.0931. The van der Waals surface area contributed by atoms with Crippen LogP contribution in [0, 0.1) is 0 Å². The summed E-state index contributed by atoms with van der Waals surface area (Å²) in [4.78, 5) is 15.5. The molecule has 3 rings (SSSR count). The number of benzene rings is 1. The molecule has 1 aromatic carbocycles. The number of nitrogens with zero attached hydrogens (tertiary/aromatic N) is 1. The summed E-state index contributed by atoms with van der Waals surface area (Å²) in [6.45, 7) is 3.03. The van der Waals surface area contributed by atoms with Crippen LogP contribution in [-0.4, -0.2) is 36.7 Å². The number of aromatic nitrogens is 1. The van der Waals surface area contributed by atoms with Crippen molar-refractivity contribution in [3.05, 3.63) is 52.8 Å². The molecule has 6 nitrogen and oxygen atoms in total. The molecule has 1 aliphatic heterocycles. The van der Waals surface area contributed by atoms with Gasteiger partial charge in [-0.1, -0.05) is 30.7 Å². The quantitative estimate of drug-likeness (QED) is 0.786. The minimum absolute atomic E-state index is 0.129. The highest BCUT2D eigenvalue weighted by molar-refractivity contribution is 7.89. The van der Waals surface area contributed by atoms with Gasteiger partial charge in [-0.15, -0.1) is 0 Å². The monoisotopic (exact) mass is 395 g/mol. The van der Waals surface area contributed by atoms with E-state index in [1.165, 1.54) is 16.6 Å². The van der Waals surface area contributed by atoms with Crippen molar-refractivity contribution < 1.29 is 13.2 Å². The average molecular weight is 396 g/mol. The summed E-state index contributed by atoms with van der Waals surface area (Å²) in [5.74, 6) is -0.338. The largest absolute Gasteiger partial charge is 0.356 e. The lowest BCUT2D eigenvalue weighted by atomic mass is 10.0. The Hall–Kier alpha value is -1.83. The molecule has 0 spiro atoms. The van der Waals surface area contributed by atoms with Crippen LogP contribution >= 0.6 is 11.6 Å². The summed E-state index contributed by atoms with van der Waals surface area (Å²) in [6, 6.07) is 8.52. The van der Waals surface area contributed by atoms with E-state index in [0.717, 1.165) is 18.4 Å². The zero-order valence-electron chi connectivity index (χ0n) is 14.5. The molecule has 0 saturated carbocycles. The Morgan fingerprint density at radius 2 is 1.92 bits per heavy atom. The van der Waals surface area contributed by atoms with Crippen LogP contribution in [0.1, 0.15) is 48.3 Å². The van der Waals surface area contributed by atoms with Gasteiger partial charge in [0, 0.05) is 24.3 Å². The van der Waals surface area contributed by atoms with E-state index in [1.54, 1.807) is 12.1 Å². The van der Waals surface area contributed by atoms with E-state index in [-0.39, 0.29) is 22.5 Å². The van der Waals surface area contributed by atoms with Crippen LogP contribution in [0.25, 0.3) is 0 Å². The molecule has 0 radical (unpaired) electrons. The number of halogens is 1. The number of H-pyrrole nitrogens is 1. The highest BCUT2D eigenvalue weighted by Gasteiger charge is 2.28. The molecule has 0 bridgehead atoms. The van der Waals surface area contributed by atoms with Crippen LogP contribution in [0.5, 0.6) is 0 Å². The summed E-state index contributed by atoms with van der Waals surface area (Å²) >= 11 is 5.91. The Balaban J connectivity index is 1.74. The van der Waals surface area contributed by atoms with E-state index in [0.29, 0.717) is 24.5 Å². The van der Waals surface area contributed by atoms with Gasteiger partial charge in [0.05, 0.1) is 6.04 Å². The smallest absolute Gasteiger partial charge is 0.268 e. The third kappa shape index (κ3) is 3.95. The number of rotatable bonds is 6. The molecule has 26 heavy (non-hydrogen) atoms. The lowest BCUT2D eigenvalue weighted by Crippen LogP contribution is -2.29. The van der Waals surface area contributed by atoms with Crippen LogP contribution in [-0.2, 0) is 10.0 Å². The molecule has 2 heterocycles. The molecular weight excluding hydrogens is 374 g/mol. The minimum Gasteiger partial charge on any atom is -0.356 e. The Morgan fingerprint density at radius 1 is 1.27 bits per heavy atom. The van der Waals surface area contributed by atoms with Crippen LogP contribution < -0.4 is 5.32 Å². The molecule has 1 fully saturated rings. The number of carbonyl (C=O) groups excluding carboxylic acids is 1. The molecule has 1 atom stereocenters. The van der Waals surface area contributed by atoms with Crippen molar-refractivity contribution in [1.82, 2.24) is 14.6 Å². The molecule has 2 N–H and O–H groups in total. The first kappa shape index (κ1) is 18.9. The van der Waals surface area contributed by atoms with Crippen molar-refractivity contribution in [1.29, 1.82) is 0 Å². The van der Waals surface area contributed by atoms with E-state index in [9.17, 15) is 13.2 Å². The summed E-state index contributed by atoms with van der Waals surface area (Å²) in [5.41, 5.74) is 1.18. The average Bonchev–Trinajstić information content (AvgIpc) is 3.32. The number of sulfonamides is 1. The SMILES string of the molecule is CCC(NC(=O)c1cc(S(=O)(=O)N2CCCC2)c[nH]1)c1ccc(Cl)cc1. The zero-order chi connectivity index (χ0) is 18.7. The Bertz CT molecular complexity index is 871. The Morgan fingerprint density at radius 3 is 2.54 bits per heavy atom. The highest BCUT2D eigenvalue weighted by atomic mass is 35.5. The molecule has 1 amide bonds. The second-order valence-corrected chi connectivity index (χ2v) is 8.72. The van der Waals surface area contributed by atoms with Crippen molar-refractivity contribution in [3.8, 4) is 0 Å². The number of amides is 1. The van der Waals surface area contributed by atoms with Crippen molar-refractivity contribution in [2.45, 2.75) is 37.1 Å². The molecule has 1 aliphatic rings.